The highest BCUT2D eigenvalue weighted by Gasteiger charge is 2.37. The van der Waals surface area contributed by atoms with Gasteiger partial charge in [0.05, 0.1) is 29.3 Å². The maximum atomic E-state index is 14.1. The summed E-state index contributed by atoms with van der Waals surface area (Å²) in [6.45, 7) is 8.15. The van der Waals surface area contributed by atoms with Gasteiger partial charge in [0.25, 0.3) is 0 Å². The third kappa shape index (κ3) is 4.97. The molecule has 0 saturated carbocycles. The quantitative estimate of drug-likeness (QED) is 0.422. The first-order valence-corrected chi connectivity index (χ1v) is 12.2. The van der Waals surface area contributed by atoms with E-state index in [2.05, 4.69) is 21.5 Å². The van der Waals surface area contributed by atoms with Crippen LogP contribution < -0.4 is 9.64 Å². The van der Waals surface area contributed by atoms with Crippen LogP contribution in [0, 0.1) is 6.92 Å². The topological polar surface area (TPSA) is 71.5 Å². The number of likely N-dealkylation sites (N-methyl/N-ethyl adjacent to an activating group) is 1. The molecule has 1 unspecified atom stereocenters. The van der Waals surface area contributed by atoms with Gasteiger partial charge in [-0.2, -0.15) is 23.1 Å². The molecule has 1 aromatic carbocycles. The van der Waals surface area contributed by atoms with Crippen LogP contribution in [-0.4, -0.2) is 59.0 Å². The molecule has 1 amide bonds. The van der Waals surface area contributed by atoms with Crippen molar-refractivity contribution in [3.05, 3.63) is 53.7 Å². The van der Waals surface area contributed by atoms with E-state index in [-0.39, 0.29) is 41.2 Å². The third-order valence-corrected chi connectivity index (χ3v) is 6.96. The summed E-state index contributed by atoms with van der Waals surface area (Å²) in [5, 5.41) is 0.594. The first kappa shape index (κ1) is 26.4. The Balaban J connectivity index is 1.86. The molecular formula is C27H30F3N5O2. The van der Waals surface area contributed by atoms with Crippen LogP contribution in [0.15, 0.2) is 37.1 Å². The summed E-state index contributed by atoms with van der Waals surface area (Å²) in [6, 6.07) is 4.63. The number of rotatable bonds is 6. The number of alkyl halides is 3. The highest BCUT2D eigenvalue weighted by atomic mass is 19.4. The van der Waals surface area contributed by atoms with Crippen LogP contribution in [0.4, 0.5) is 19.0 Å². The van der Waals surface area contributed by atoms with E-state index in [0.29, 0.717) is 35.4 Å². The van der Waals surface area contributed by atoms with Crippen molar-refractivity contribution in [3.63, 3.8) is 0 Å². The lowest BCUT2D eigenvalue weighted by molar-refractivity contribution is -0.137. The molecule has 3 heterocycles. The number of piperidine rings is 1. The van der Waals surface area contributed by atoms with Gasteiger partial charge in [-0.1, -0.05) is 31.7 Å². The molecule has 0 aliphatic carbocycles. The maximum Gasteiger partial charge on any atom is 0.417 e. The fourth-order valence-electron chi connectivity index (χ4n) is 5.01. The van der Waals surface area contributed by atoms with Gasteiger partial charge in [0.15, 0.2) is 0 Å². The second-order valence-electron chi connectivity index (χ2n) is 9.11. The lowest BCUT2D eigenvalue weighted by Crippen LogP contribution is -2.48. The SMILES string of the molecule is C=CC(=O)N1CCCC(N(C)c2nc(OC)nc3c(C)c(-c4cccc(CC)c4C(F)(F)F)ncc23)C1. The predicted octanol–water partition coefficient (Wildman–Crippen LogP) is 5.20. The molecule has 1 aliphatic rings. The highest BCUT2D eigenvalue weighted by molar-refractivity contribution is 5.94. The average Bonchev–Trinajstić information content (AvgIpc) is 2.91. The number of anilines is 1. The molecule has 37 heavy (non-hydrogen) atoms. The van der Waals surface area contributed by atoms with Gasteiger partial charge in [-0.15, -0.1) is 0 Å². The van der Waals surface area contributed by atoms with Crippen molar-refractivity contribution in [3.8, 4) is 17.3 Å². The minimum Gasteiger partial charge on any atom is -0.467 e. The van der Waals surface area contributed by atoms with Crippen molar-refractivity contribution in [2.24, 2.45) is 0 Å². The Morgan fingerprint density at radius 1 is 1.32 bits per heavy atom. The normalized spacial score (nSPS) is 16.1. The van der Waals surface area contributed by atoms with E-state index in [4.69, 9.17) is 4.74 Å². The van der Waals surface area contributed by atoms with E-state index in [1.165, 1.54) is 31.5 Å². The number of methoxy groups -OCH3 is 1. The maximum absolute atomic E-state index is 14.1. The van der Waals surface area contributed by atoms with Crippen molar-refractivity contribution in [2.75, 3.05) is 32.1 Å². The third-order valence-electron chi connectivity index (χ3n) is 6.96. The summed E-state index contributed by atoms with van der Waals surface area (Å²) in [4.78, 5) is 29.5. The second kappa shape index (κ2) is 10.4. The van der Waals surface area contributed by atoms with Gasteiger partial charge in [-0.05, 0) is 37.8 Å². The number of amides is 1. The molecule has 7 nitrogen and oxygen atoms in total. The smallest absolute Gasteiger partial charge is 0.417 e. The zero-order chi connectivity index (χ0) is 26.9. The van der Waals surface area contributed by atoms with Crippen LogP contribution in [0.5, 0.6) is 6.01 Å². The number of hydrogen-bond donors (Lipinski definition) is 0. The van der Waals surface area contributed by atoms with Crippen molar-refractivity contribution >= 4 is 22.6 Å². The molecule has 2 aromatic heterocycles. The fraction of sp³-hybridized carbons (Fsp3) is 0.407. The Bertz CT molecular complexity index is 1340. The van der Waals surface area contributed by atoms with Gasteiger partial charge in [0.2, 0.25) is 5.91 Å². The Kier molecular flexibility index (Phi) is 7.38. The summed E-state index contributed by atoms with van der Waals surface area (Å²) in [5.41, 5.74) is 0.722. The molecule has 3 aromatic rings. The minimum atomic E-state index is -4.53. The molecule has 1 aliphatic heterocycles. The molecule has 1 atom stereocenters. The van der Waals surface area contributed by atoms with Crippen LogP contribution in [-0.2, 0) is 17.4 Å². The lowest BCUT2D eigenvalue weighted by Gasteiger charge is -2.38. The van der Waals surface area contributed by atoms with E-state index in [0.717, 1.165) is 12.8 Å². The molecule has 0 bridgehead atoms. The standard InChI is InChI=1S/C27H30F3N5O2/c1-6-17-10-8-12-19(22(17)27(28,29)30)23-16(3)24-20(14-31-23)25(33-26(32-24)37-5)34(4)18-11-9-13-35(15-18)21(36)7-2/h7-8,10,12,14,18H,2,6,9,11,13,15H2,1,3-5H3. The Hall–Kier alpha value is -3.69. The Labute approximate surface area is 214 Å². The number of fused-ring (bicyclic) bond motifs is 1. The Morgan fingerprint density at radius 3 is 2.73 bits per heavy atom. The van der Waals surface area contributed by atoms with E-state index in [1.54, 1.807) is 24.8 Å². The van der Waals surface area contributed by atoms with Crippen LogP contribution in [0.1, 0.15) is 36.5 Å². The van der Waals surface area contributed by atoms with E-state index >= 15 is 0 Å². The molecule has 0 radical (unpaired) electrons. The van der Waals surface area contributed by atoms with Gasteiger partial charge < -0.3 is 14.5 Å². The Morgan fingerprint density at radius 2 is 2.08 bits per heavy atom. The molecule has 10 heteroatoms. The first-order valence-electron chi connectivity index (χ1n) is 12.2. The van der Waals surface area contributed by atoms with Gasteiger partial charge >= 0.3 is 12.2 Å². The zero-order valence-corrected chi connectivity index (χ0v) is 21.4. The number of ether oxygens (including phenoxy) is 1. The molecule has 0 N–H and O–H groups in total. The number of pyridine rings is 1. The monoisotopic (exact) mass is 513 g/mol. The molecule has 1 fully saturated rings. The molecule has 1 saturated heterocycles. The summed E-state index contributed by atoms with van der Waals surface area (Å²) < 4.78 is 47.7. The van der Waals surface area contributed by atoms with Crippen LogP contribution in [0.3, 0.4) is 0 Å². The van der Waals surface area contributed by atoms with Gasteiger partial charge in [-0.25, -0.2) is 0 Å². The number of benzene rings is 1. The van der Waals surface area contributed by atoms with E-state index in [9.17, 15) is 18.0 Å². The van der Waals surface area contributed by atoms with Crippen LogP contribution in [0.2, 0.25) is 0 Å². The van der Waals surface area contributed by atoms with Crippen molar-refractivity contribution in [1.29, 1.82) is 0 Å². The van der Waals surface area contributed by atoms with Gasteiger partial charge in [0, 0.05) is 43.5 Å². The van der Waals surface area contributed by atoms with Crippen molar-refractivity contribution in [1.82, 2.24) is 19.9 Å². The first-order chi connectivity index (χ1) is 17.6. The summed E-state index contributed by atoms with van der Waals surface area (Å²) in [7, 11) is 3.32. The van der Waals surface area contributed by atoms with E-state index < -0.39 is 11.7 Å². The lowest BCUT2D eigenvalue weighted by atomic mass is 9.94. The molecule has 0 spiro atoms. The van der Waals surface area contributed by atoms with Crippen LogP contribution in [0.25, 0.3) is 22.2 Å². The van der Waals surface area contributed by atoms with Crippen molar-refractivity contribution < 1.29 is 22.7 Å². The van der Waals surface area contributed by atoms with Gasteiger partial charge in [-0.3, -0.25) is 9.78 Å². The number of nitrogens with zero attached hydrogens (tertiary/aromatic N) is 5. The van der Waals surface area contributed by atoms with Crippen LogP contribution >= 0.6 is 0 Å². The minimum absolute atomic E-state index is 0.0181. The number of carbonyl (C=O) groups excluding carboxylic acids is 1. The largest absolute Gasteiger partial charge is 0.467 e. The number of halogens is 3. The molecule has 196 valence electrons. The van der Waals surface area contributed by atoms with Gasteiger partial charge in [0.1, 0.15) is 5.82 Å². The van der Waals surface area contributed by atoms with E-state index in [1.807, 2.05) is 11.9 Å². The number of hydrogen-bond acceptors (Lipinski definition) is 6. The zero-order valence-electron chi connectivity index (χ0n) is 21.4. The summed E-state index contributed by atoms with van der Waals surface area (Å²) >= 11 is 0. The number of likely N-dealkylation sites (tertiary alicyclic amines) is 1. The molecule has 4 rings (SSSR count). The molecular weight excluding hydrogens is 483 g/mol. The number of aromatic nitrogens is 3. The summed E-state index contributed by atoms with van der Waals surface area (Å²) in [6.07, 6.45) is 0.210. The highest BCUT2D eigenvalue weighted by Crippen LogP contribution is 2.41. The number of carbonyl (C=O) groups is 1. The number of aryl methyl sites for hydroxylation is 2. The predicted molar refractivity (Wildman–Crippen MR) is 137 cm³/mol. The fourth-order valence-corrected chi connectivity index (χ4v) is 5.01. The average molecular weight is 514 g/mol. The summed E-state index contributed by atoms with van der Waals surface area (Å²) in [5.74, 6) is 0.417. The second-order valence-corrected chi connectivity index (χ2v) is 9.11. The van der Waals surface area contributed by atoms with Crippen molar-refractivity contribution in [2.45, 2.75) is 45.3 Å².